The van der Waals surface area contributed by atoms with Crippen molar-refractivity contribution >= 4 is 23.5 Å². The summed E-state index contributed by atoms with van der Waals surface area (Å²) in [4.78, 5) is 12.4. The van der Waals surface area contributed by atoms with E-state index in [0.29, 0.717) is 46.6 Å². The molecule has 1 N–H and O–H groups in total. The normalized spacial score (nSPS) is 17.4. The molecule has 0 bridgehead atoms. The molecule has 122 valence electrons. The number of hydrogen-bond donors (Lipinski definition) is 1. The van der Waals surface area contributed by atoms with Gasteiger partial charge in [0.05, 0.1) is 23.8 Å². The van der Waals surface area contributed by atoms with Gasteiger partial charge in [-0.1, -0.05) is 11.6 Å². The van der Waals surface area contributed by atoms with Gasteiger partial charge in [0.1, 0.15) is 11.5 Å². The van der Waals surface area contributed by atoms with Crippen molar-refractivity contribution in [1.82, 2.24) is 0 Å². The number of halogens is 1. The zero-order valence-corrected chi connectivity index (χ0v) is 13.3. The van der Waals surface area contributed by atoms with E-state index in [9.17, 15) is 9.90 Å². The van der Waals surface area contributed by atoms with Crippen LogP contribution in [0, 0.1) is 0 Å². The highest BCUT2D eigenvalue weighted by Crippen LogP contribution is 2.39. The van der Waals surface area contributed by atoms with Crippen molar-refractivity contribution in [3.05, 3.63) is 52.2 Å². The minimum atomic E-state index is -0.242. The fourth-order valence-electron chi connectivity index (χ4n) is 2.66. The average Bonchev–Trinajstić information content (AvgIpc) is 2.73. The van der Waals surface area contributed by atoms with Crippen LogP contribution in [0.4, 0.5) is 0 Å². The average molecular weight is 345 g/mol. The molecule has 0 aromatic heterocycles. The van der Waals surface area contributed by atoms with Gasteiger partial charge in [-0.3, -0.25) is 4.79 Å². The molecule has 0 radical (unpaired) electrons. The third kappa shape index (κ3) is 2.57. The number of allylic oxidation sites excluding steroid dienone is 1. The van der Waals surface area contributed by atoms with Crippen LogP contribution < -0.4 is 14.2 Å². The van der Waals surface area contributed by atoms with Crippen molar-refractivity contribution in [2.24, 2.45) is 0 Å². The van der Waals surface area contributed by atoms with Crippen molar-refractivity contribution in [3.63, 3.8) is 0 Å². The minimum absolute atomic E-state index is 0.0430. The smallest absolute Gasteiger partial charge is 0.231 e. The summed E-state index contributed by atoms with van der Waals surface area (Å²) in [6.45, 7) is 1.09. The molecule has 5 nitrogen and oxygen atoms in total. The topological polar surface area (TPSA) is 65.0 Å². The van der Waals surface area contributed by atoms with E-state index in [1.807, 2.05) is 0 Å². The van der Waals surface area contributed by atoms with Gasteiger partial charge in [0.15, 0.2) is 17.3 Å². The largest absolute Gasteiger partial charge is 0.508 e. The third-order valence-corrected chi connectivity index (χ3v) is 4.06. The predicted octanol–water partition coefficient (Wildman–Crippen LogP) is 3.82. The number of rotatable bonds is 1. The Hall–Kier alpha value is -2.66. The molecule has 0 amide bonds. The second-order valence-corrected chi connectivity index (χ2v) is 5.91. The molecule has 0 atom stereocenters. The van der Waals surface area contributed by atoms with Crippen LogP contribution >= 0.6 is 11.6 Å². The number of phenols is 1. The Morgan fingerprint density at radius 3 is 2.79 bits per heavy atom. The molecule has 2 aromatic carbocycles. The van der Waals surface area contributed by atoms with E-state index in [2.05, 4.69) is 0 Å². The molecule has 0 spiro atoms. The Morgan fingerprint density at radius 1 is 1.08 bits per heavy atom. The van der Waals surface area contributed by atoms with Crippen LogP contribution in [0.5, 0.6) is 23.0 Å². The van der Waals surface area contributed by atoms with Gasteiger partial charge in [-0.15, -0.1) is 0 Å². The van der Waals surface area contributed by atoms with Crippen LogP contribution in [-0.4, -0.2) is 24.1 Å². The standard InChI is InChI=1S/C18H13ClO5/c19-13-6-10(8-16-18(13)23-5-1-4-22-16)7-15-17(21)12-3-2-11(20)9-14(12)24-15/h2-3,6-9,20H,1,4-5H2. The molecule has 24 heavy (non-hydrogen) atoms. The van der Waals surface area contributed by atoms with Crippen LogP contribution in [0.1, 0.15) is 22.3 Å². The van der Waals surface area contributed by atoms with Gasteiger partial charge in [-0.25, -0.2) is 0 Å². The quantitative estimate of drug-likeness (QED) is 0.797. The lowest BCUT2D eigenvalue weighted by Crippen LogP contribution is -1.98. The summed E-state index contributed by atoms with van der Waals surface area (Å²) in [6, 6.07) is 7.85. The van der Waals surface area contributed by atoms with E-state index in [-0.39, 0.29) is 17.3 Å². The molecule has 0 aliphatic carbocycles. The summed E-state index contributed by atoms with van der Waals surface area (Å²) in [5.74, 6) is 1.37. The van der Waals surface area contributed by atoms with E-state index in [4.69, 9.17) is 25.8 Å². The monoisotopic (exact) mass is 344 g/mol. The second kappa shape index (κ2) is 5.76. The SMILES string of the molecule is O=C1C(=Cc2cc(Cl)c3c(c2)OCCCO3)Oc2cc(O)ccc21. The summed E-state index contributed by atoms with van der Waals surface area (Å²) in [7, 11) is 0. The number of ether oxygens (including phenoxy) is 3. The van der Waals surface area contributed by atoms with Gasteiger partial charge in [0.25, 0.3) is 0 Å². The number of Topliss-reactive ketones (excluding diaryl/α,β-unsaturated/α-hetero) is 1. The van der Waals surface area contributed by atoms with Gasteiger partial charge >= 0.3 is 0 Å². The Bertz CT molecular complexity index is 872. The number of phenolic OH excluding ortho intramolecular Hbond substituents is 1. The predicted molar refractivity (Wildman–Crippen MR) is 88.1 cm³/mol. The summed E-state index contributed by atoms with van der Waals surface area (Å²) in [5, 5.41) is 9.91. The number of benzene rings is 2. The Labute approximate surface area is 143 Å². The fourth-order valence-corrected chi connectivity index (χ4v) is 2.93. The first-order valence-corrected chi connectivity index (χ1v) is 7.86. The summed E-state index contributed by atoms with van der Waals surface area (Å²) in [5.41, 5.74) is 1.09. The number of fused-ring (bicyclic) bond motifs is 2. The molecular formula is C18H13ClO5. The van der Waals surface area contributed by atoms with Gasteiger partial charge < -0.3 is 19.3 Å². The maximum Gasteiger partial charge on any atom is 0.231 e. The summed E-state index contributed by atoms with van der Waals surface area (Å²) in [6.07, 6.45) is 2.38. The zero-order valence-electron chi connectivity index (χ0n) is 12.5. The maximum atomic E-state index is 12.4. The van der Waals surface area contributed by atoms with Crippen LogP contribution in [0.3, 0.4) is 0 Å². The lowest BCUT2D eigenvalue weighted by Gasteiger charge is -2.10. The van der Waals surface area contributed by atoms with E-state index < -0.39 is 0 Å². The Kier molecular flexibility index (Phi) is 3.58. The molecule has 0 fully saturated rings. The highest BCUT2D eigenvalue weighted by Gasteiger charge is 2.27. The van der Waals surface area contributed by atoms with E-state index >= 15 is 0 Å². The molecule has 0 unspecified atom stereocenters. The number of carbonyl (C=O) groups excluding carboxylic acids is 1. The lowest BCUT2D eigenvalue weighted by atomic mass is 10.1. The van der Waals surface area contributed by atoms with Crippen LogP contribution in [0.15, 0.2) is 36.1 Å². The molecule has 4 rings (SSSR count). The summed E-state index contributed by atoms with van der Waals surface area (Å²) < 4.78 is 16.8. The number of carbonyl (C=O) groups is 1. The lowest BCUT2D eigenvalue weighted by molar-refractivity contribution is 0.101. The van der Waals surface area contributed by atoms with Gasteiger partial charge in [0, 0.05) is 12.5 Å². The highest BCUT2D eigenvalue weighted by molar-refractivity contribution is 6.32. The minimum Gasteiger partial charge on any atom is -0.508 e. The van der Waals surface area contributed by atoms with Gasteiger partial charge in [-0.05, 0) is 35.9 Å². The molecule has 2 aliphatic heterocycles. The van der Waals surface area contributed by atoms with E-state index in [1.165, 1.54) is 18.2 Å². The van der Waals surface area contributed by atoms with Crippen molar-refractivity contribution in [3.8, 4) is 23.0 Å². The Balaban J connectivity index is 1.71. The number of ketones is 1. The first-order valence-electron chi connectivity index (χ1n) is 7.48. The van der Waals surface area contributed by atoms with Crippen LogP contribution in [0.25, 0.3) is 6.08 Å². The number of hydrogen-bond acceptors (Lipinski definition) is 5. The number of aromatic hydroxyl groups is 1. The van der Waals surface area contributed by atoms with Gasteiger partial charge in [0.2, 0.25) is 5.78 Å². The fraction of sp³-hybridized carbons (Fsp3) is 0.167. The first kappa shape index (κ1) is 14.9. The highest BCUT2D eigenvalue weighted by atomic mass is 35.5. The van der Waals surface area contributed by atoms with E-state index in [0.717, 1.165) is 6.42 Å². The zero-order chi connectivity index (χ0) is 16.7. The van der Waals surface area contributed by atoms with E-state index in [1.54, 1.807) is 18.2 Å². The molecule has 0 saturated heterocycles. The maximum absolute atomic E-state index is 12.4. The van der Waals surface area contributed by atoms with Crippen molar-refractivity contribution in [2.45, 2.75) is 6.42 Å². The molecular weight excluding hydrogens is 332 g/mol. The molecule has 2 aromatic rings. The van der Waals surface area contributed by atoms with Crippen molar-refractivity contribution in [2.75, 3.05) is 13.2 Å². The molecule has 0 saturated carbocycles. The third-order valence-electron chi connectivity index (χ3n) is 3.78. The summed E-state index contributed by atoms with van der Waals surface area (Å²) >= 11 is 6.26. The van der Waals surface area contributed by atoms with Crippen molar-refractivity contribution < 1.29 is 24.1 Å². The van der Waals surface area contributed by atoms with Crippen LogP contribution in [0.2, 0.25) is 5.02 Å². The molecule has 2 heterocycles. The first-order chi connectivity index (χ1) is 11.6. The van der Waals surface area contributed by atoms with Gasteiger partial charge in [-0.2, -0.15) is 0 Å². The van der Waals surface area contributed by atoms with Crippen LogP contribution in [-0.2, 0) is 0 Å². The second-order valence-electron chi connectivity index (χ2n) is 5.50. The molecule has 2 aliphatic rings. The van der Waals surface area contributed by atoms with Crippen molar-refractivity contribution in [1.29, 1.82) is 0 Å². The Morgan fingerprint density at radius 2 is 1.92 bits per heavy atom. The molecule has 6 heteroatoms.